The molecule has 1 unspecified atom stereocenters. The molecule has 0 bridgehead atoms. The van der Waals surface area contributed by atoms with E-state index in [1.54, 1.807) is 0 Å². The summed E-state index contributed by atoms with van der Waals surface area (Å²) in [7, 11) is 0. The number of aliphatic imine (C=N–C) groups is 1. The van der Waals surface area contributed by atoms with Crippen molar-refractivity contribution in [1.29, 1.82) is 0 Å². The quantitative estimate of drug-likeness (QED) is 0.146. The Balaban J connectivity index is 1.46. The Hall–Kier alpha value is -4.75. The number of allylic oxidation sites excluding steroid dienone is 7. The van der Waals surface area contributed by atoms with Crippen LogP contribution in [0.1, 0.15) is 53.6 Å². The summed E-state index contributed by atoms with van der Waals surface area (Å²) < 4.78 is 0. The Kier molecular flexibility index (Phi) is 9.09. The van der Waals surface area contributed by atoms with E-state index in [9.17, 15) is 0 Å². The van der Waals surface area contributed by atoms with Gasteiger partial charge in [0.2, 0.25) is 0 Å². The standard InChI is InChI=1S/C41H39N/c1-5-32(33-18-9-7-10-19-33)17-15-16-30-41(4,36-20-11-8-12-21-36)42-40(6-2)35-27-25-34(26-28-35)38-29-24-31(3)37-22-13-14-23-39(37)38/h5-13,15-22,24-30H,2,14,23H2,1,3-4H3/b17-15-,30-16+,32-5+,42-40?. The van der Waals surface area contributed by atoms with E-state index >= 15 is 0 Å². The Morgan fingerprint density at radius 1 is 0.833 bits per heavy atom. The van der Waals surface area contributed by atoms with Gasteiger partial charge in [-0.1, -0.05) is 146 Å². The molecular formula is C41H39N. The number of rotatable bonds is 9. The molecule has 0 radical (unpaired) electrons. The normalized spacial score (nSPS) is 15.1. The number of aryl methyl sites for hydroxylation is 1. The van der Waals surface area contributed by atoms with Crippen LogP contribution in [-0.4, -0.2) is 5.71 Å². The molecular weight excluding hydrogens is 506 g/mol. The van der Waals surface area contributed by atoms with E-state index < -0.39 is 5.54 Å². The Bertz CT molecular complexity index is 1680. The maximum Gasteiger partial charge on any atom is 0.102 e. The van der Waals surface area contributed by atoms with Crippen LogP contribution in [0.4, 0.5) is 0 Å². The maximum atomic E-state index is 5.30. The van der Waals surface area contributed by atoms with E-state index in [4.69, 9.17) is 4.99 Å². The fourth-order valence-corrected chi connectivity index (χ4v) is 5.65. The van der Waals surface area contributed by atoms with Crippen molar-refractivity contribution >= 4 is 17.4 Å². The predicted octanol–water partition coefficient (Wildman–Crippen LogP) is 10.7. The maximum absolute atomic E-state index is 5.30. The van der Waals surface area contributed by atoms with E-state index in [0.717, 1.165) is 29.7 Å². The fraction of sp³-hybridized carbons (Fsp3) is 0.146. The van der Waals surface area contributed by atoms with Crippen LogP contribution in [0.2, 0.25) is 0 Å². The van der Waals surface area contributed by atoms with Gasteiger partial charge in [-0.05, 0) is 89.8 Å². The second kappa shape index (κ2) is 13.3. The SMILES string of the molecule is C=CC(=NC(C)(/C=C/C=C\C(=C/C)c1ccccc1)c1ccccc1)c1ccc(-c2ccc(C)c3c2CCC=C3)cc1. The first-order valence-corrected chi connectivity index (χ1v) is 14.8. The highest BCUT2D eigenvalue weighted by molar-refractivity contribution is 6.09. The average Bonchev–Trinajstić information content (AvgIpc) is 3.05. The molecule has 1 nitrogen and oxygen atoms in total. The summed E-state index contributed by atoms with van der Waals surface area (Å²) in [4.78, 5) is 5.30. The largest absolute Gasteiger partial charge is 0.269 e. The predicted molar refractivity (Wildman–Crippen MR) is 183 cm³/mol. The molecule has 0 spiro atoms. The van der Waals surface area contributed by atoms with Crippen LogP contribution < -0.4 is 0 Å². The molecule has 42 heavy (non-hydrogen) atoms. The Morgan fingerprint density at radius 2 is 1.55 bits per heavy atom. The van der Waals surface area contributed by atoms with Gasteiger partial charge in [0.15, 0.2) is 0 Å². The molecule has 1 atom stereocenters. The van der Waals surface area contributed by atoms with Crippen molar-refractivity contribution in [3.8, 4) is 11.1 Å². The number of hydrogen-bond acceptors (Lipinski definition) is 1. The first-order chi connectivity index (χ1) is 20.5. The Morgan fingerprint density at radius 3 is 2.24 bits per heavy atom. The van der Waals surface area contributed by atoms with Crippen LogP contribution in [-0.2, 0) is 12.0 Å². The minimum absolute atomic E-state index is 0.570. The summed E-state index contributed by atoms with van der Waals surface area (Å²) in [6.45, 7) is 10.6. The zero-order valence-electron chi connectivity index (χ0n) is 24.9. The minimum Gasteiger partial charge on any atom is -0.269 e. The molecule has 5 rings (SSSR count). The monoisotopic (exact) mass is 545 g/mol. The molecule has 0 N–H and O–H groups in total. The molecule has 0 saturated heterocycles. The molecule has 1 heteroatoms. The van der Waals surface area contributed by atoms with Gasteiger partial charge in [-0.15, -0.1) is 0 Å². The number of benzene rings is 4. The summed E-state index contributed by atoms with van der Waals surface area (Å²) in [5.41, 5.74) is 11.6. The third-order valence-corrected chi connectivity index (χ3v) is 8.04. The second-order valence-electron chi connectivity index (χ2n) is 10.9. The summed E-state index contributed by atoms with van der Waals surface area (Å²) in [5, 5.41) is 0. The number of fused-ring (bicyclic) bond motifs is 1. The van der Waals surface area contributed by atoms with E-state index in [2.05, 4.69) is 155 Å². The van der Waals surface area contributed by atoms with Crippen molar-refractivity contribution in [2.45, 2.75) is 39.2 Å². The molecule has 0 aliphatic heterocycles. The van der Waals surface area contributed by atoms with Crippen LogP contribution >= 0.6 is 0 Å². The molecule has 1 aliphatic rings. The van der Waals surface area contributed by atoms with Crippen LogP contribution in [0.25, 0.3) is 22.8 Å². The molecule has 4 aromatic carbocycles. The average molecular weight is 546 g/mol. The van der Waals surface area contributed by atoms with E-state index in [1.807, 2.05) is 18.2 Å². The highest BCUT2D eigenvalue weighted by atomic mass is 14.9. The third-order valence-electron chi connectivity index (χ3n) is 8.04. The molecule has 0 heterocycles. The zero-order chi connectivity index (χ0) is 29.4. The first-order valence-electron chi connectivity index (χ1n) is 14.8. The smallest absolute Gasteiger partial charge is 0.102 e. The Labute approximate surface area is 251 Å². The van der Waals surface area contributed by atoms with Crippen molar-refractivity contribution < 1.29 is 0 Å². The number of nitrogens with zero attached hydrogens (tertiary/aromatic N) is 1. The van der Waals surface area contributed by atoms with Gasteiger partial charge in [0, 0.05) is 0 Å². The van der Waals surface area contributed by atoms with Crippen LogP contribution in [0.5, 0.6) is 0 Å². The van der Waals surface area contributed by atoms with E-state index in [0.29, 0.717) is 0 Å². The fourth-order valence-electron chi connectivity index (χ4n) is 5.65. The zero-order valence-corrected chi connectivity index (χ0v) is 24.9. The van der Waals surface area contributed by atoms with Gasteiger partial charge in [-0.25, -0.2) is 0 Å². The molecule has 0 fully saturated rings. The van der Waals surface area contributed by atoms with Gasteiger partial charge < -0.3 is 0 Å². The lowest BCUT2D eigenvalue weighted by molar-refractivity contribution is 0.635. The third kappa shape index (κ3) is 6.42. The highest BCUT2D eigenvalue weighted by Gasteiger charge is 2.23. The van der Waals surface area contributed by atoms with Gasteiger partial charge in [0.05, 0.1) is 5.71 Å². The van der Waals surface area contributed by atoms with Gasteiger partial charge >= 0.3 is 0 Å². The summed E-state index contributed by atoms with van der Waals surface area (Å²) in [6, 6.07) is 34.2. The van der Waals surface area contributed by atoms with Crippen LogP contribution in [0.3, 0.4) is 0 Å². The van der Waals surface area contributed by atoms with Crippen molar-refractivity contribution in [2.24, 2.45) is 4.99 Å². The van der Waals surface area contributed by atoms with Crippen LogP contribution in [0, 0.1) is 6.92 Å². The second-order valence-corrected chi connectivity index (χ2v) is 10.9. The molecule has 0 aromatic heterocycles. The summed E-state index contributed by atoms with van der Waals surface area (Å²) in [5.74, 6) is 0. The van der Waals surface area contributed by atoms with Crippen molar-refractivity contribution in [1.82, 2.24) is 0 Å². The minimum atomic E-state index is -0.570. The first kappa shape index (κ1) is 28.8. The number of hydrogen-bond donors (Lipinski definition) is 0. The lowest BCUT2D eigenvalue weighted by Gasteiger charge is -2.23. The van der Waals surface area contributed by atoms with Gasteiger partial charge in [-0.2, -0.15) is 0 Å². The van der Waals surface area contributed by atoms with Crippen molar-refractivity contribution in [3.63, 3.8) is 0 Å². The molecule has 1 aliphatic carbocycles. The summed E-state index contributed by atoms with van der Waals surface area (Å²) >= 11 is 0. The molecule has 0 amide bonds. The lowest BCUT2D eigenvalue weighted by atomic mass is 9.86. The molecule has 0 saturated carbocycles. The van der Waals surface area contributed by atoms with Gasteiger partial charge in [0.25, 0.3) is 0 Å². The van der Waals surface area contributed by atoms with E-state index in [1.165, 1.54) is 39.0 Å². The van der Waals surface area contributed by atoms with Gasteiger partial charge in [0.1, 0.15) is 5.54 Å². The molecule has 208 valence electrons. The van der Waals surface area contributed by atoms with Crippen LogP contribution in [0.15, 0.2) is 151 Å². The highest BCUT2D eigenvalue weighted by Crippen LogP contribution is 2.34. The molecule has 4 aromatic rings. The summed E-state index contributed by atoms with van der Waals surface area (Å²) in [6.07, 6.45) is 19.3. The topological polar surface area (TPSA) is 12.4 Å². The lowest BCUT2D eigenvalue weighted by Crippen LogP contribution is -2.18. The van der Waals surface area contributed by atoms with Gasteiger partial charge in [-0.3, -0.25) is 4.99 Å². The van der Waals surface area contributed by atoms with E-state index in [-0.39, 0.29) is 0 Å². The van der Waals surface area contributed by atoms with Crippen molar-refractivity contribution in [2.75, 3.05) is 0 Å². The van der Waals surface area contributed by atoms with Crippen molar-refractivity contribution in [3.05, 3.63) is 180 Å².